The quantitative estimate of drug-likeness (QED) is 0.0747. The van der Waals surface area contributed by atoms with Crippen molar-refractivity contribution < 1.29 is 36.3 Å². The number of nitrogens with zero attached hydrogens (tertiary/aromatic N) is 2. The number of phosphoric ester groups is 2. The van der Waals surface area contributed by atoms with E-state index in [0.717, 1.165) is 83.0 Å². The van der Waals surface area contributed by atoms with Crippen LogP contribution in [-0.2, 0) is 27.2 Å². The molecule has 0 N–H and O–H groups in total. The van der Waals surface area contributed by atoms with E-state index >= 15 is 0 Å². The van der Waals surface area contributed by atoms with Gasteiger partial charge in [-0.25, -0.2) is 14.1 Å². The lowest BCUT2D eigenvalue weighted by molar-refractivity contribution is 0.151. The number of hydrogen-bond donors (Lipinski definition) is 0. The van der Waals surface area contributed by atoms with Crippen molar-refractivity contribution in [2.75, 3.05) is 44.4 Å². The summed E-state index contributed by atoms with van der Waals surface area (Å²) in [5.74, 6) is 0.675. The summed E-state index contributed by atoms with van der Waals surface area (Å²) in [5, 5.41) is 0.710. The van der Waals surface area contributed by atoms with Gasteiger partial charge in [-0.3, -0.25) is 18.1 Å². The van der Waals surface area contributed by atoms with Gasteiger partial charge in [-0.05, 0) is 68.9 Å². The maximum absolute atomic E-state index is 14.0. The largest absolute Gasteiger partial charge is 0.530 e. The molecule has 0 saturated carbocycles. The molecule has 0 unspecified atom stereocenters. The molecule has 1 saturated heterocycles. The molecule has 260 valence electrons. The van der Waals surface area contributed by atoms with Crippen molar-refractivity contribution in [3.8, 4) is 22.8 Å². The number of pyridine rings is 1. The van der Waals surface area contributed by atoms with Gasteiger partial charge >= 0.3 is 15.6 Å². The van der Waals surface area contributed by atoms with Crippen LogP contribution < -0.4 is 13.9 Å². The molecule has 1 fully saturated rings. The van der Waals surface area contributed by atoms with E-state index in [0.29, 0.717) is 33.7 Å². The predicted octanol–water partition coefficient (Wildman–Crippen LogP) is 10.7. The van der Waals surface area contributed by atoms with E-state index in [-0.39, 0.29) is 26.4 Å². The normalized spacial score (nSPS) is 13.8. The number of unbranched alkanes of at least 4 members (excludes halogenated alkanes) is 4. The van der Waals surface area contributed by atoms with Crippen LogP contribution in [0.2, 0.25) is 0 Å². The van der Waals surface area contributed by atoms with Crippen molar-refractivity contribution in [1.82, 2.24) is 4.98 Å². The summed E-state index contributed by atoms with van der Waals surface area (Å²) in [6, 6.07) is 14.9. The van der Waals surface area contributed by atoms with E-state index in [1.165, 1.54) is 0 Å². The Morgan fingerprint density at radius 1 is 0.681 bits per heavy atom. The second kappa shape index (κ2) is 18.9. The van der Waals surface area contributed by atoms with Crippen LogP contribution in [0.25, 0.3) is 22.2 Å². The fraction of sp³-hybridized carbons (Fsp3) is 0.571. The smallest absolute Gasteiger partial charge is 0.404 e. The molecular weight excluding hydrogens is 638 g/mol. The number of fused-ring (bicyclic) bond motifs is 1. The van der Waals surface area contributed by atoms with E-state index < -0.39 is 15.6 Å². The molecule has 4 rings (SSSR count). The molecule has 0 amide bonds. The summed E-state index contributed by atoms with van der Waals surface area (Å²) in [6.45, 7) is 11.2. The molecule has 2 heterocycles. The number of phosphoric acid groups is 2. The highest BCUT2D eigenvalue weighted by Crippen LogP contribution is 2.53. The standard InChI is InChI=1S/C35H52N2O8P2/c1-5-9-22-40-46(38,41-23-10-6-2)44-31-17-15-16-29(26-31)34-28-35(45-47(39,42-24-11-7-3)43-25-12-8-4)32-27-30(18-19-33(32)36-34)37-20-13-14-21-37/h15-19,26-28H,5-14,20-25H2,1-4H3. The number of rotatable bonds is 22. The highest BCUT2D eigenvalue weighted by atomic mass is 31.2. The predicted molar refractivity (Wildman–Crippen MR) is 189 cm³/mol. The summed E-state index contributed by atoms with van der Waals surface area (Å²) < 4.78 is 62.6. The average molecular weight is 691 g/mol. The maximum Gasteiger partial charge on any atom is 0.530 e. The first-order valence-corrected chi connectivity index (χ1v) is 20.2. The van der Waals surface area contributed by atoms with Gasteiger partial charge in [-0.2, -0.15) is 0 Å². The fourth-order valence-corrected chi connectivity index (χ4v) is 7.54. The zero-order chi connectivity index (χ0) is 33.5. The summed E-state index contributed by atoms with van der Waals surface area (Å²) >= 11 is 0. The minimum absolute atomic E-state index is 0.259. The van der Waals surface area contributed by atoms with Gasteiger partial charge in [0.25, 0.3) is 0 Å². The van der Waals surface area contributed by atoms with Crippen LogP contribution in [-0.4, -0.2) is 44.5 Å². The Morgan fingerprint density at radius 2 is 1.23 bits per heavy atom. The number of hydrogen-bond acceptors (Lipinski definition) is 10. The molecule has 0 atom stereocenters. The van der Waals surface area contributed by atoms with Crippen LogP contribution in [0.3, 0.4) is 0 Å². The first kappa shape index (κ1) is 37.4. The van der Waals surface area contributed by atoms with E-state index in [4.69, 9.17) is 32.1 Å². The van der Waals surface area contributed by atoms with Crippen LogP contribution in [0.15, 0.2) is 48.5 Å². The van der Waals surface area contributed by atoms with Crippen molar-refractivity contribution in [2.45, 2.75) is 91.9 Å². The third-order valence-electron chi connectivity index (χ3n) is 7.77. The van der Waals surface area contributed by atoms with Gasteiger partial charge in [0.15, 0.2) is 0 Å². The molecule has 0 aliphatic carbocycles. The summed E-state index contributed by atoms with van der Waals surface area (Å²) in [6.07, 6.45) is 8.77. The lowest BCUT2D eigenvalue weighted by Gasteiger charge is -2.22. The number of aromatic nitrogens is 1. The maximum atomic E-state index is 14.0. The molecule has 0 bridgehead atoms. The van der Waals surface area contributed by atoms with E-state index in [9.17, 15) is 9.13 Å². The van der Waals surface area contributed by atoms with Gasteiger partial charge in [0.1, 0.15) is 11.5 Å². The van der Waals surface area contributed by atoms with E-state index in [1.54, 1.807) is 24.3 Å². The average Bonchev–Trinajstić information content (AvgIpc) is 3.61. The Morgan fingerprint density at radius 3 is 1.79 bits per heavy atom. The molecule has 2 aromatic carbocycles. The van der Waals surface area contributed by atoms with Crippen molar-refractivity contribution in [3.05, 3.63) is 48.5 Å². The molecule has 47 heavy (non-hydrogen) atoms. The van der Waals surface area contributed by atoms with Crippen molar-refractivity contribution in [1.29, 1.82) is 0 Å². The molecule has 10 nitrogen and oxygen atoms in total. The van der Waals surface area contributed by atoms with Gasteiger partial charge in [-0.15, -0.1) is 0 Å². The Hall–Kier alpha value is -2.45. The molecule has 12 heteroatoms. The molecule has 1 aliphatic rings. The first-order chi connectivity index (χ1) is 22.8. The molecule has 1 aromatic heterocycles. The minimum Gasteiger partial charge on any atom is -0.404 e. The SMILES string of the molecule is CCCCOP(=O)(OCCCC)Oc1cccc(-c2cc(OP(=O)(OCCCC)OCCCC)c3cc(N4CCCC4)ccc3n2)c1. The second-order valence-corrected chi connectivity index (χ2v) is 14.9. The Bertz CT molecular complexity index is 1470. The van der Waals surface area contributed by atoms with Crippen LogP contribution in [0.4, 0.5) is 5.69 Å². The fourth-order valence-electron chi connectivity index (χ4n) is 5.00. The third-order valence-corrected chi connectivity index (χ3v) is 10.6. The Kier molecular flexibility index (Phi) is 15.0. The number of anilines is 1. The topological polar surface area (TPSA) is 106 Å². The monoisotopic (exact) mass is 690 g/mol. The van der Waals surface area contributed by atoms with Crippen molar-refractivity contribution in [3.63, 3.8) is 0 Å². The minimum atomic E-state index is -3.96. The van der Waals surface area contributed by atoms with E-state index in [2.05, 4.69) is 11.0 Å². The molecule has 1 aliphatic heterocycles. The zero-order valence-electron chi connectivity index (χ0n) is 28.5. The molecule has 0 radical (unpaired) electrons. The van der Waals surface area contributed by atoms with Gasteiger partial charge in [0.05, 0.1) is 37.6 Å². The summed E-state index contributed by atoms with van der Waals surface area (Å²) in [7, 11) is -7.81. The highest BCUT2D eigenvalue weighted by molar-refractivity contribution is 7.49. The van der Waals surface area contributed by atoms with Crippen LogP contribution in [0.5, 0.6) is 11.5 Å². The van der Waals surface area contributed by atoms with Crippen molar-refractivity contribution in [2.24, 2.45) is 0 Å². The Labute approximate surface area is 280 Å². The lowest BCUT2D eigenvalue weighted by atomic mass is 10.1. The first-order valence-electron chi connectivity index (χ1n) is 17.3. The van der Waals surface area contributed by atoms with Crippen LogP contribution in [0, 0.1) is 0 Å². The van der Waals surface area contributed by atoms with Crippen molar-refractivity contribution >= 4 is 32.2 Å². The summed E-state index contributed by atoms with van der Waals surface area (Å²) in [5.41, 5.74) is 2.95. The molecule has 3 aromatic rings. The third kappa shape index (κ3) is 11.3. The lowest BCUT2D eigenvalue weighted by Crippen LogP contribution is -2.17. The molecule has 0 spiro atoms. The van der Waals surface area contributed by atoms with Crippen LogP contribution >= 0.6 is 15.6 Å². The van der Waals surface area contributed by atoms with Gasteiger partial charge in [0, 0.05) is 35.8 Å². The molecular formula is C35H52N2O8P2. The number of benzene rings is 2. The summed E-state index contributed by atoms with van der Waals surface area (Å²) in [4.78, 5) is 7.29. The van der Waals surface area contributed by atoms with Gasteiger partial charge < -0.3 is 13.9 Å². The van der Waals surface area contributed by atoms with E-state index in [1.807, 2.05) is 45.9 Å². The van der Waals surface area contributed by atoms with Gasteiger partial charge in [0.2, 0.25) is 0 Å². The Balaban J connectivity index is 1.72. The van der Waals surface area contributed by atoms with Gasteiger partial charge in [-0.1, -0.05) is 65.5 Å². The van der Waals surface area contributed by atoms with Crippen LogP contribution in [0.1, 0.15) is 91.9 Å². The zero-order valence-corrected chi connectivity index (χ0v) is 30.3. The second-order valence-electron chi connectivity index (χ2n) is 11.8. The highest BCUT2D eigenvalue weighted by Gasteiger charge is 2.31.